The SMILES string of the molecule is C/C=C/C#C/C=C\c1c(O)cccc1CO. The van der Waals surface area contributed by atoms with Crippen molar-refractivity contribution < 1.29 is 10.2 Å². The van der Waals surface area contributed by atoms with Gasteiger partial charge in [-0.15, -0.1) is 0 Å². The molecule has 1 rings (SSSR count). The molecule has 0 radical (unpaired) electrons. The standard InChI is InChI=1S/C14H14O2/c1-2-3-4-5-6-9-13-12(11-15)8-7-10-14(13)16/h2-3,6-10,15-16H,11H2,1H3/b3-2+,9-6-. The van der Waals surface area contributed by atoms with E-state index in [1.54, 1.807) is 36.4 Å². The van der Waals surface area contributed by atoms with E-state index in [4.69, 9.17) is 5.11 Å². The number of aromatic hydroxyl groups is 1. The third kappa shape index (κ3) is 3.30. The van der Waals surface area contributed by atoms with Gasteiger partial charge in [-0.3, -0.25) is 0 Å². The lowest BCUT2D eigenvalue weighted by molar-refractivity contribution is 0.281. The van der Waals surface area contributed by atoms with Crippen LogP contribution in [0.3, 0.4) is 0 Å². The summed E-state index contributed by atoms with van der Waals surface area (Å²) in [4.78, 5) is 0. The molecule has 2 nitrogen and oxygen atoms in total. The van der Waals surface area contributed by atoms with Crippen molar-refractivity contribution in [2.75, 3.05) is 0 Å². The molecule has 0 fully saturated rings. The Hall–Kier alpha value is -1.98. The molecule has 0 atom stereocenters. The van der Waals surface area contributed by atoms with Gasteiger partial charge in [0.05, 0.1) is 6.61 Å². The molecule has 1 aromatic rings. The maximum atomic E-state index is 9.60. The molecular formula is C14H14O2. The third-order valence-electron chi connectivity index (χ3n) is 2.01. The molecule has 0 amide bonds. The lowest BCUT2D eigenvalue weighted by atomic mass is 10.1. The number of rotatable bonds is 2. The van der Waals surface area contributed by atoms with Crippen molar-refractivity contribution in [3.8, 4) is 17.6 Å². The summed E-state index contributed by atoms with van der Waals surface area (Å²) in [6.45, 7) is 1.79. The van der Waals surface area contributed by atoms with Crippen LogP contribution in [0, 0.1) is 11.8 Å². The molecule has 0 aromatic heterocycles. The van der Waals surface area contributed by atoms with Gasteiger partial charge >= 0.3 is 0 Å². The fourth-order valence-electron chi connectivity index (χ4n) is 1.23. The minimum atomic E-state index is -0.101. The maximum Gasteiger partial charge on any atom is 0.123 e. The van der Waals surface area contributed by atoms with E-state index in [0.29, 0.717) is 11.1 Å². The minimum absolute atomic E-state index is 0.101. The monoisotopic (exact) mass is 214 g/mol. The van der Waals surface area contributed by atoms with E-state index in [9.17, 15) is 5.11 Å². The van der Waals surface area contributed by atoms with Crippen LogP contribution < -0.4 is 0 Å². The molecule has 0 aliphatic rings. The molecule has 0 aliphatic carbocycles. The largest absolute Gasteiger partial charge is 0.507 e. The highest BCUT2D eigenvalue weighted by Gasteiger charge is 2.02. The zero-order valence-electron chi connectivity index (χ0n) is 9.14. The number of hydrogen-bond acceptors (Lipinski definition) is 2. The van der Waals surface area contributed by atoms with Crippen molar-refractivity contribution >= 4 is 6.08 Å². The average molecular weight is 214 g/mol. The second-order valence-corrected chi connectivity index (χ2v) is 3.13. The van der Waals surface area contributed by atoms with Gasteiger partial charge in [0.2, 0.25) is 0 Å². The zero-order chi connectivity index (χ0) is 11.8. The quantitative estimate of drug-likeness (QED) is 0.742. The lowest BCUT2D eigenvalue weighted by Crippen LogP contribution is -1.88. The van der Waals surface area contributed by atoms with Gasteiger partial charge in [0.15, 0.2) is 0 Å². The highest BCUT2D eigenvalue weighted by atomic mass is 16.3. The van der Waals surface area contributed by atoms with Crippen LogP contribution in [-0.4, -0.2) is 10.2 Å². The fourth-order valence-corrected chi connectivity index (χ4v) is 1.23. The van der Waals surface area contributed by atoms with E-state index in [-0.39, 0.29) is 12.4 Å². The first-order valence-electron chi connectivity index (χ1n) is 5.00. The van der Waals surface area contributed by atoms with Gasteiger partial charge in [-0.2, -0.15) is 0 Å². The van der Waals surface area contributed by atoms with E-state index in [2.05, 4.69) is 11.8 Å². The summed E-state index contributed by atoms with van der Waals surface area (Å²) in [6.07, 6.45) is 6.92. The molecule has 1 aromatic carbocycles. The van der Waals surface area contributed by atoms with Gasteiger partial charge in [-0.1, -0.05) is 30.0 Å². The molecule has 0 aliphatic heterocycles. The molecular weight excluding hydrogens is 200 g/mol. The topological polar surface area (TPSA) is 40.5 Å². The van der Waals surface area contributed by atoms with Crippen LogP contribution in [0.1, 0.15) is 18.1 Å². The summed E-state index contributed by atoms with van der Waals surface area (Å²) >= 11 is 0. The van der Waals surface area contributed by atoms with Crippen molar-refractivity contribution in [1.29, 1.82) is 0 Å². The summed E-state index contributed by atoms with van der Waals surface area (Å²) in [5.41, 5.74) is 1.30. The summed E-state index contributed by atoms with van der Waals surface area (Å²) < 4.78 is 0. The van der Waals surface area contributed by atoms with E-state index in [0.717, 1.165) is 0 Å². The van der Waals surface area contributed by atoms with Crippen LogP contribution in [0.15, 0.2) is 36.4 Å². The van der Waals surface area contributed by atoms with Crippen LogP contribution in [-0.2, 0) is 6.61 Å². The smallest absolute Gasteiger partial charge is 0.123 e. The lowest BCUT2D eigenvalue weighted by Gasteiger charge is -2.03. The predicted molar refractivity (Wildman–Crippen MR) is 65.7 cm³/mol. The Labute approximate surface area is 95.6 Å². The second-order valence-electron chi connectivity index (χ2n) is 3.13. The van der Waals surface area contributed by atoms with Gasteiger partial charge in [-0.25, -0.2) is 0 Å². The van der Waals surface area contributed by atoms with Gasteiger partial charge < -0.3 is 10.2 Å². The van der Waals surface area contributed by atoms with Crippen molar-refractivity contribution in [3.63, 3.8) is 0 Å². The van der Waals surface area contributed by atoms with Crippen molar-refractivity contribution in [3.05, 3.63) is 47.6 Å². The Kier molecular flexibility index (Phi) is 4.91. The fraction of sp³-hybridized carbons (Fsp3) is 0.143. The Balaban J connectivity index is 2.93. The van der Waals surface area contributed by atoms with Gasteiger partial charge in [0, 0.05) is 5.56 Å². The zero-order valence-corrected chi connectivity index (χ0v) is 9.14. The highest BCUT2D eigenvalue weighted by Crippen LogP contribution is 2.22. The Bertz CT molecular complexity index is 459. The molecule has 0 bridgehead atoms. The van der Waals surface area contributed by atoms with E-state index in [1.807, 2.05) is 13.0 Å². The molecule has 16 heavy (non-hydrogen) atoms. The van der Waals surface area contributed by atoms with Crippen LogP contribution >= 0.6 is 0 Å². The predicted octanol–water partition coefficient (Wildman–Crippen LogP) is 2.48. The van der Waals surface area contributed by atoms with Crippen molar-refractivity contribution in [2.45, 2.75) is 13.5 Å². The molecule has 0 spiro atoms. The molecule has 0 saturated carbocycles. The van der Waals surface area contributed by atoms with Crippen molar-refractivity contribution in [1.82, 2.24) is 0 Å². The summed E-state index contributed by atoms with van der Waals surface area (Å²) in [7, 11) is 0. The first-order chi connectivity index (χ1) is 7.79. The maximum absolute atomic E-state index is 9.60. The highest BCUT2D eigenvalue weighted by molar-refractivity contribution is 5.62. The summed E-state index contributed by atoms with van der Waals surface area (Å²) in [6, 6.07) is 5.04. The second kappa shape index (κ2) is 6.49. The average Bonchev–Trinajstić information content (AvgIpc) is 2.30. The summed E-state index contributed by atoms with van der Waals surface area (Å²) in [5, 5.41) is 18.7. The summed E-state index contributed by atoms with van der Waals surface area (Å²) in [5.74, 6) is 5.75. The Morgan fingerprint density at radius 2 is 2.00 bits per heavy atom. The number of aliphatic hydroxyl groups excluding tert-OH is 1. The number of aliphatic hydroxyl groups is 1. The number of hydrogen-bond donors (Lipinski definition) is 2. The third-order valence-corrected chi connectivity index (χ3v) is 2.01. The first-order valence-corrected chi connectivity index (χ1v) is 5.00. The van der Waals surface area contributed by atoms with Crippen molar-refractivity contribution in [2.24, 2.45) is 0 Å². The normalized spacial score (nSPS) is 10.6. The van der Waals surface area contributed by atoms with Gasteiger partial charge in [0.25, 0.3) is 0 Å². The first kappa shape index (κ1) is 12.1. The molecule has 0 unspecified atom stereocenters. The molecule has 2 heteroatoms. The van der Waals surface area contributed by atoms with Gasteiger partial charge in [0.1, 0.15) is 5.75 Å². The number of benzene rings is 1. The molecule has 0 saturated heterocycles. The Morgan fingerprint density at radius 1 is 1.25 bits per heavy atom. The van der Waals surface area contributed by atoms with Crippen LogP contribution in [0.2, 0.25) is 0 Å². The number of allylic oxidation sites excluding steroid dienone is 3. The van der Waals surface area contributed by atoms with Gasteiger partial charge in [-0.05, 0) is 36.8 Å². The molecule has 0 heterocycles. The van der Waals surface area contributed by atoms with Crippen LogP contribution in [0.25, 0.3) is 6.08 Å². The molecule has 82 valence electrons. The van der Waals surface area contributed by atoms with Crippen LogP contribution in [0.5, 0.6) is 5.75 Å². The van der Waals surface area contributed by atoms with E-state index in [1.165, 1.54) is 0 Å². The van der Waals surface area contributed by atoms with E-state index >= 15 is 0 Å². The Morgan fingerprint density at radius 3 is 2.69 bits per heavy atom. The number of phenols is 1. The van der Waals surface area contributed by atoms with Crippen LogP contribution in [0.4, 0.5) is 0 Å². The minimum Gasteiger partial charge on any atom is -0.507 e. The van der Waals surface area contributed by atoms with E-state index < -0.39 is 0 Å². The molecule has 2 N–H and O–H groups in total. The number of phenolic OH excluding ortho intramolecular Hbond substituents is 1.